The van der Waals surface area contributed by atoms with Gasteiger partial charge in [0.2, 0.25) is 5.91 Å². The van der Waals surface area contributed by atoms with E-state index in [0.29, 0.717) is 17.9 Å². The maximum Gasteiger partial charge on any atom is 0.308 e. The van der Waals surface area contributed by atoms with Gasteiger partial charge in [-0.05, 0) is 48.7 Å². The van der Waals surface area contributed by atoms with Gasteiger partial charge < -0.3 is 15.4 Å². The molecule has 0 heterocycles. The van der Waals surface area contributed by atoms with Crippen molar-refractivity contribution in [3.8, 4) is 5.75 Å². The molecule has 0 atom stereocenters. The Morgan fingerprint density at radius 3 is 2.58 bits per heavy atom. The van der Waals surface area contributed by atoms with E-state index in [-0.39, 0.29) is 17.7 Å². The minimum Gasteiger partial charge on any atom is -0.427 e. The molecule has 1 aliphatic rings. The molecule has 6 heteroatoms. The zero-order valence-electron chi connectivity index (χ0n) is 14.5. The summed E-state index contributed by atoms with van der Waals surface area (Å²) in [4.78, 5) is 35.1. The summed E-state index contributed by atoms with van der Waals surface area (Å²) < 4.78 is 4.99. The maximum atomic E-state index is 12.3. The summed E-state index contributed by atoms with van der Waals surface area (Å²) >= 11 is 0. The van der Waals surface area contributed by atoms with Crippen LogP contribution in [0, 0.1) is 5.92 Å². The first kappa shape index (κ1) is 17.7. The fourth-order valence-corrected chi connectivity index (χ4v) is 2.50. The van der Waals surface area contributed by atoms with Gasteiger partial charge in [0.15, 0.2) is 0 Å². The number of carbonyl (C=O) groups is 3. The third kappa shape index (κ3) is 4.92. The van der Waals surface area contributed by atoms with Crippen molar-refractivity contribution in [3.63, 3.8) is 0 Å². The first-order valence-corrected chi connectivity index (χ1v) is 8.48. The lowest BCUT2D eigenvalue weighted by molar-refractivity contribution is -0.131. The summed E-state index contributed by atoms with van der Waals surface area (Å²) in [5, 5.41) is 5.71. The van der Waals surface area contributed by atoms with Crippen LogP contribution in [-0.4, -0.2) is 17.8 Å². The molecule has 0 unspecified atom stereocenters. The molecule has 2 aromatic rings. The van der Waals surface area contributed by atoms with E-state index in [1.807, 2.05) is 24.3 Å². The molecule has 6 nitrogen and oxygen atoms in total. The number of anilines is 1. The van der Waals surface area contributed by atoms with Crippen LogP contribution in [0.4, 0.5) is 5.69 Å². The van der Waals surface area contributed by atoms with E-state index < -0.39 is 5.97 Å². The quantitative estimate of drug-likeness (QED) is 0.618. The van der Waals surface area contributed by atoms with Crippen LogP contribution in [0.15, 0.2) is 48.5 Å². The summed E-state index contributed by atoms with van der Waals surface area (Å²) in [6, 6.07) is 13.8. The van der Waals surface area contributed by atoms with Gasteiger partial charge in [0.25, 0.3) is 5.91 Å². The lowest BCUT2D eigenvalue weighted by Crippen LogP contribution is -2.23. The first-order chi connectivity index (χ1) is 12.5. The summed E-state index contributed by atoms with van der Waals surface area (Å²) in [5.41, 5.74) is 2.01. The molecule has 134 valence electrons. The number of carbonyl (C=O) groups excluding carboxylic acids is 3. The highest BCUT2D eigenvalue weighted by molar-refractivity contribution is 5.95. The second kappa shape index (κ2) is 7.82. The number of hydrogen-bond donors (Lipinski definition) is 2. The average molecular weight is 352 g/mol. The second-order valence-corrected chi connectivity index (χ2v) is 6.27. The van der Waals surface area contributed by atoms with Gasteiger partial charge in [-0.1, -0.05) is 18.2 Å². The predicted molar refractivity (Wildman–Crippen MR) is 96.7 cm³/mol. The van der Waals surface area contributed by atoms with E-state index >= 15 is 0 Å². The highest BCUT2D eigenvalue weighted by Crippen LogP contribution is 2.30. The molecule has 2 aromatic carbocycles. The monoisotopic (exact) mass is 352 g/mol. The third-order valence-corrected chi connectivity index (χ3v) is 3.95. The van der Waals surface area contributed by atoms with E-state index in [2.05, 4.69) is 10.6 Å². The van der Waals surface area contributed by atoms with Gasteiger partial charge in [0.05, 0.1) is 0 Å². The van der Waals surface area contributed by atoms with Crippen LogP contribution in [0.5, 0.6) is 5.75 Å². The Kier molecular flexibility index (Phi) is 5.31. The number of ether oxygens (including phenoxy) is 1. The molecule has 1 aliphatic carbocycles. The minimum atomic E-state index is -0.437. The maximum absolute atomic E-state index is 12.3. The van der Waals surface area contributed by atoms with Gasteiger partial charge >= 0.3 is 5.97 Å². The Morgan fingerprint density at radius 2 is 1.85 bits per heavy atom. The number of amides is 2. The molecule has 0 radical (unpaired) electrons. The first-order valence-electron chi connectivity index (χ1n) is 8.48. The fraction of sp³-hybridized carbons (Fsp3) is 0.250. The van der Waals surface area contributed by atoms with Gasteiger partial charge in [0.1, 0.15) is 5.75 Å². The Bertz CT molecular complexity index is 843. The molecule has 26 heavy (non-hydrogen) atoms. The number of rotatable bonds is 6. The van der Waals surface area contributed by atoms with E-state index in [1.165, 1.54) is 13.0 Å². The van der Waals surface area contributed by atoms with Crippen LogP contribution >= 0.6 is 0 Å². The van der Waals surface area contributed by atoms with Crippen LogP contribution in [0.1, 0.15) is 35.7 Å². The fourth-order valence-electron chi connectivity index (χ4n) is 2.50. The Hall–Kier alpha value is -3.15. The molecule has 0 aliphatic heterocycles. The number of hydrogen-bond acceptors (Lipinski definition) is 4. The highest BCUT2D eigenvalue weighted by atomic mass is 16.5. The molecule has 0 spiro atoms. The summed E-state index contributed by atoms with van der Waals surface area (Å²) in [5.74, 6) is -0.190. The van der Waals surface area contributed by atoms with Crippen LogP contribution in [0.3, 0.4) is 0 Å². The normalized spacial score (nSPS) is 13.0. The van der Waals surface area contributed by atoms with Crippen molar-refractivity contribution in [3.05, 3.63) is 59.7 Å². The summed E-state index contributed by atoms with van der Waals surface area (Å²) in [7, 11) is 0. The number of benzene rings is 2. The average Bonchev–Trinajstić information content (AvgIpc) is 3.45. The second-order valence-electron chi connectivity index (χ2n) is 6.27. The molecular formula is C20H20N2O4. The largest absolute Gasteiger partial charge is 0.427 e. The lowest BCUT2D eigenvalue weighted by Gasteiger charge is -2.09. The topological polar surface area (TPSA) is 84.5 Å². The van der Waals surface area contributed by atoms with Crippen molar-refractivity contribution in [2.24, 2.45) is 5.92 Å². The lowest BCUT2D eigenvalue weighted by atomic mass is 10.1. The molecule has 0 bridgehead atoms. The van der Waals surface area contributed by atoms with Gasteiger partial charge in [-0.2, -0.15) is 0 Å². The van der Waals surface area contributed by atoms with E-state index in [4.69, 9.17) is 4.74 Å². The predicted octanol–water partition coefficient (Wildman–Crippen LogP) is 2.89. The smallest absolute Gasteiger partial charge is 0.308 e. The SMILES string of the molecule is CC(=O)Oc1cccc(C(=O)NCc2cccc(NC(=O)C3CC3)c2)c1. The molecule has 1 fully saturated rings. The Labute approximate surface area is 151 Å². The van der Waals surface area contributed by atoms with Gasteiger partial charge in [0, 0.05) is 30.6 Å². The standard InChI is InChI=1S/C20H20N2O4/c1-13(23)26-18-7-3-5-16(11-18)19(24)21-12-14-4-2-6-17(10-14)22-20(25)15-8-9-15/h2-7,10-11,15H,8-9,12H2,1H3,(H,21,24)(H,22,25). The van der Waals surface area contributed by atoms with Crippen LogP contribution in [-0.2, 0) is 16.1 Å². The van der Waals surface area contributed by atoms with Crippen LogP contribution in [0.25, 0.3) is 0 Å². The molecule has 2 N–H and O–H groups in total. The Morgan fingerprint density at radius 1 is 1.08 bits per heavy atom. The summed E-state index contributed by atoms with van der Waals surface area (Å²) in [6.07, 6.45) is 1.90. The van der Waals surface area contributed by atoms with Crippen molar-refractivity contribution >= 4 is 23.5 Å². The minimum absolute atomic E-state index is 0.0495. The molecule has 0 saturated heterocycles. The van der Waals surface area contributed by atoms with Crippen molar-refractivity contribution in [1.29, 1.82) is 0 Å². The molecule has 1 saturated carbocycles. The van der Waals surface area contributed by atoms with Crippen LogP contribution in [0.2, 0.25) is 0 Å². The van der Waals surface area contributed by atoms with E-state index in [0.717, 1.165) is 24.1 Å². The molecule has 2 amide bonds. The molecular weight excluding hydrogens is 332 g/mol. The van der Waals surface area contributed by atoms with Gasteiger partial charge in [-0.15, -0.1) is 0 Å². The Balaban J connectivity index is 1.59. The molecule has 0 aromatic heterocycles. The zero-order chi connectivity index (χ0) is 18.5. The van der Waals surface area contributed by atoms with E-state index in [9.17, 15) is 14.4 Å². The zero-order valence-corrected chi connectivity index (χ0v) is 14.5. The van der Waals surface area contributed by atoms with Gasteiger partial charge in [-0.25, -0.2) is 0 Å². The van der Waals surface area contributed by atoms with Crippen LogP contribution < -0.4 is 15.4 Å². The molecule has 3 rings (SSSR count). The highest BCUT2D eigenvalue weighted by Gasteiger charge is 2.29. The third-order valence-electron chi connectivity index (χ3n) is 3.95. The van der Waals surface area contributed by atoms with Crippen molar-refractivity contribution in [2.45, 2.75) is 26.3 Å². The van der Waals surface area contributed by atoms with Crippen molar-refractivity contribution in [1.82, 2.24) is 5.32 Å². The number of esters is 1. The van der Waals surface area contributed by atoms with E-state index in [1.54, 1.807) is 18.2 Å². The summed E-state index contributed by atoms with van der Waals surface area (Å²) in [6.45, 7) is 1.63. The number of nitrogens with one attached hydrogen (secondary N) is 2. The van der Waals surface area contributed by atoms with Gasteiger partial charge in [-0.3, -0.25) is 14.4 Å². The van der Waals surface area contributed by atoms with Crippen molar-refractivity contribution < 1.29 is 19.1 Å². The van der Waals surface area contributed by atoms with Crippen molar-refractivity contribution in [2.75, 3.05) is 5.32 Å².